The summed E-state index contributed by atoms with van der Waals surface area (Å²) >= 11 is 0. The third kappa shape index (κ3) is 2.91. The summed E-state index contributed by atoms with van der Waals surface area (Å²) in [5.41, 5.74) is 0.191. The smallest absolute Gasteiger partial charge is 0.240 e. The molecule has 0 aromatic heterocycles. The fourth-order valence-electron chi connectivity index (χ4n) is 4.51. The van der Waals surface area contributed by atoms with Crippen LogP contribution >= 0.6 is 0 Å². The van der Waals surface area contributed by atoms with Crippen molar-refractivity contribution in [3.05, 3.63) is 18.2 Å². The Morgan fingerprint density at radius 2 is 1.85 bits per heavy atom. The van der Waals surface area contributed by atoms with Gasteiger partial charge in [-0.05, 0) is 49.3 Å². The highest BCUT2D eigenvalue weighted by Gasteiger charge is 2.41. The molecular formula is C18H22N2O5S. The predicted molar refractivity (Wildman–Crippen MR) is 94.3 cm³/mol. The van der Waals surface area contributed by atoms with Crippen molar-refractivity contribution in [3.8, 4) is 5.75 Å². The van der Waals surface area contributed by atoms with Crippen LogP contribution < -0.4 is 14.4 Å². The van der Waals surface area contributed by atoms with Crippen LogP contribution in [0, 0.1) is 11.8 Å². The number of hydrogen-bond donors (Lipinski definition) is 1. The zero-order valence-electron chi connectivity index (χ0n) is 14.6. The fourth-order valence-corrected chi connectivity index (χ4v) is 5.85. The maximum atomic E-state index is 12.9. The number of methoxy groups -OCH3 is 1. The Morgan fingerprint density at radius 3 is 2.42 bits per heavy atom. The van der Waals surface area contributed by atoms with Crippen LogP contribution in [0.15, 0.2) is 23.1 Å². The van der Waals surface area contributed by atoms with Crippen molar-refractivity contribution in [1.82, 2.24) is 4.72 Å². The summed E-state index contributed by atoms with van der Waals surface area (Å²) in [4.78, 5) is 25.2. The van der Waals surface area contributed by atoms with Gasteiger partial charge in [0.2, 0.25) is 21.8 Å². The van der Waals surface area contributed by atoms with E-state index in [2.05, 4.69) is 4.72 Å². The lowest BCUT2D eigenvalue weighted by Gasteiger charge is -2.23. The molecule has 1 aromatic carbocycles. The number of rotatable bonds is 5. The number of anilines is 1. The molecule has 0 spiro atoms. The Bertz CT molecular complexity index is 850. The number of carbonyl (C=O) groups excluding carboxylic acids is 2. The van der Waals surface area contributed by atoms with E-state index < -0.39 is 10.0 Å². The SMILES string of the molecule is COc1ccc(S(=O)(=O)NC2CC3CCC2C3)cc1N1C(=O)CCC1=O. The Kier molecular flexibility index (Phi) is 4.27. The van der Waals surface area contributed by atoms with Gasteiger partial charge in [0.15, 0.2) is 0 Å². The number of nitrogens with zero attached hydrogens (tertiary/aromatic N) is 1. The van der Waals surface area contributed by atoms with Crippen molar-refractivity contribution >= 4 is 27.5 Å². The molecule has 1 N–H and O–H groups in total. The van der Waals surface area contributed by atoms with E-state index in [0.29, 0.717) is 17.6 Å². The molecular weight excluding hydrogens is 356 g/mol. The summed E-state index contributed by atoms with van der Waals surface area (Å²) in [6.45, 7) is 0. The van der Waals surface area contributed by atoms with Crippen LogP contribution in [0.5, 0.6) is 5.75 Å². The molecule has 1 heterocycles. The van der Waals surface area contributed by atoms with Crippen molar-refractivity contribution < 1.29 is 22.7 Å². The van der Waals surface area contributed by atoms with E-state index in [0.717, 1.165) is 24.2 Å². The van der Waals surface area contributed by atoms with Gasteiger partial charge < -0.3 is 4.74 Å². The topological polar surface area (TPSA) is 92.8 Å². The lowest BCUT2D eigenvalue weighted by molar-refractivity contribution is -0.121. The molecule has 3 atom stereocenters. The second-order valence-corrected chi connectivity index (χ2v) is 9.07. The molecule has 1 saturated heterocycles. The van der Waals surface area contributed by atoms with Gasteiger partial charge in [0.05, 0.1) is 17.7 Å². The van der Waals surface area contributed by atoms with Gasteiger partial charge in [-0.25, -0.2) is 18.0 Å². The van der Waals surface area contributed by atoms with Crippen molar-refractivity contribution in [3.63, 3.8) is 0 Å². The first kappa shape index (κ1) is 17.5. The molecule has 3 unspecified atom stereocenters. The highest BCUT2D eigenvalue weighted by molar-refractivity contribution is 7.89. The van der Waals surface area contributed by atoms with Crippen LogP contribution in [0.25, 0.3) is 0 Å². The largest absolute Gasteiger partial charge is 0.495 e. The molecule has 1 aromatic rings. The molecule has 140 valence electrons. The molecule has 2 bridgehead atoms. The first-order chi connectivity index (χ1) is 12.4. The monoisotopic (exact) mass is 378 g/mol. The number of carbonyl (C=O) groups is 2. The van der Waals surface area contributed by atoms with Crippen LogP contribution in [0.2, 0.25) is 0 Å². The number of sulfonamides is 1. The molecule has 8 heteroatoms. The molecule has 0 radical (unpaired) electrons. The first-order valence-corrected chi connectivity index (χ1v) is 10.4. The number of benzene rings is 1. The first-order valence-electron chi connectivity index (χ1n) is 8.95. The lowest BCUT2D eigenvalue weighted by atomic mass is 9.96. The molecule has 3 aliphatic rings. The summed E-state index contributed by atoms with van der Waals surface area (Å²) in [5.74, 6) is 0.647. The van der Waals surface area contributed by atoms with Crippen molar-refractivity contribution in [2.24, 2.45) is 11.8 Å². The number of hydrogen-bond acceptors (Lipinski definition) is 5. The zero-order valence-corrected chi connectivity index (χ0v) is 15.4. The molecule has 2 saturated carbocycles. The summed E-state index contributed by atoms with van der Waals surface area (Å²) in [5, 5.41) is 0. The molecule has 2 amide bonds. The number of nitrogens with one attached hydrogen (secondary N) is 1. The van der Waals surface area contributed by atoms with Crippen LogP contribution in [-0.4, -0.2) is 33.4 Å². The average molecular weight is 378 g/mol. The standard InChI is InChI=1S/C18H22N2O5S/c1-25-16-5-4-13(10-15(16)20-17(21)6-7-18(20)22)26(23,24)19-14-9-11-2-3-12(14)8-11/h4-5,10-12,14,19H,2-3,6-9H2,1H3. The van der Waals surface area contributed by atoms with E-state index in [1.807, 2.05) is 0 Å². The summed E-state index contributed by atoms with van der Waals surface area (Å²) in [6, 6.07) is 4.27. The molecule has 7 nitrogen and oxygen atoms in total. The third-order valence-corrected chi connectivity index (χ3v) is 7.29. The number of ether oxygens (including phenoxy) is 1. The number of fused-ring (bicyclic) bond motifs is 2. The quantitative estimate of drug-likeness (QED) is 0.789. The van der Waals surface area contributed by atoms with Crippen molar-refractivity contribution in [2.45, 2.75) is 49.5 Å². The van der Waals surface area contributed by atoms with E-state index in [1.165, 1.54) is 31.7 Å². The van der Waals surface area contributed by atoms with Gasteiger partial charge in [0.25, 0.3) is 0 Å². The minimum Gasteiger partial charge on any atom is -0.495 e. The van der Waals surface area contributed by atoms with Crippen molar-refractivity contribution in [1.29, 1.82) is 0 Å². The highest BCUT2D eigenvalue weighted by atomic mass is 32.2. The van der Waals surface area contributed by atoms with E-state index in [-0.39, 0.29) is 41.3 Å². The molecule has 26 heavy (non-hydrogen) atoms. The van der Waals surface area contributed by atoms with Crippen LogP contribution in [0.4, 0.5) is 5.69 Å². The number of imide groups is 1. The van der Waals surface area contributed by atoms with Crippen LogP contribution in [0.1, 0.15) is 38.5 Å². The van der Waals surface area contributed by atoms with E-state index >= 15 is 0 Å². The van der Waals surface area contributed by atoms with Gasteiger partial charge in [-0.3, -0.25) is 9.59 Å². The average Bonchev–Trinajstić information content (AvgIpc) is 3.30. The number of amides is 2. The Balaban J connectivity index is 1.65. The van der Waals surface area contributed by atoms with Crippen LogP contribution in [-0.2, 0) is 19.6 Å². The second kappa shape index (κ2) is 6.35. The molecule has 1 aliphatic heterocycles. The van der Waals surface area contributed by atoms with E-state index in [9.17, 15) is 18.0 Å². The maximum absolute atomic E-state index is 12.9. The third-order valence-electron chi connectivity index (χ3n) is 5.80. The molecule has 2 aliphatic carbocycles. The summed E-state index contributed by atoms with van der Waals surface area (Å²) < 4.78 is 33.8. The lowest BCUT2D eigenvalue weighted by Crippen LogP contribution is -2.38. The Morgan fingerprint density at radius 1 is 1.12 bits per heavy atom. The predicted octanol–water partition coefficient (Wildman–Crippen LogP) is 1.82. The van der Waals surface area contributed by atoms with Gasteiger partial charge in [-0.2, -0.15) is 0 Å². The van der Waals surface area contributed by atoms with Gasteiger partial charge in [0, 0.05) is 18.9 Å². The normalized spacial score (nSPS) is 28.2. The van der Waals surface area contributed by atoms with E-state index in [4.69, 9.17) is 4.74 Å². The Hall–Kier alpha value is -1.93. The van der Waals surface area contributed by atoms with Gasteiger partial charge >= 0.3 is 0 Å². The van der Waals surface area contributed by atoms with Crippen molar-refractivity contribution in [2.75, 3.05) is 12.0 Å². The second-order valence-electron chi connectivity index (χ2n) is 7.36. The van der Waals surface area contributed by atoms with Gasteiger partial charge in [-0.15, -0.1) is 0 Å². The van der Waals surface area contributed by atoms with E-state index in [1.54, 1.807) is 0 Å². The fraction of sp³-hybridized carbons (Fsp3) is 0.556. The summed E-state index contributed by atoms with van der Waals surface area (Å²) in [7, 11) is -2.31. The highest BCUT2D eigenvalue weighted by Crippen LogP contribution is 2.45. The maximum Gasteiger partial charge on any atom is 0.240 e. The summed E-state index contributed by atoms with van der Waals surface area (Å²) in [6.07, 6.45) is 4.50. The minimum atomic E-state index is -3.73. The van der Waals surface area contributed by atoms with Crippen LogP contribution in [0.3, 0.4) is 0 Å². The molecule has 4 rings (SSSR count). The van der Waals surface area contributed by atoms with Gasteiger partial charge in [-0.1, -0.05) is 6.42 Å². The minimum absolute atomic E-state index is 0.0284. The Labute approximate surface area is 152 Å². The molecule has 3 fully saturated rings. The zero-order chi connectivity index (χ0) is 18.5. The van der Waals surface area contributed by atoms with Gasteiger partial charge in [0.1, 0.15) is 5.75 Å².